The van der Waals surface area contributed by atoms with E-state index in [1.807, 2.05) is 19.1 Å². The van der Waals surface area contributed by atoms with E-state index in [0.717, 1.165) is 17.7 Å². The number of nitrogens with one attached hydrogen (secondary N) is 1. The Kier molecular flexibility index (Phi) is 6.41. The first-order valence-electron chi connectivity index (χ1n) is 7.80. The number of ether oxygens (including phenoxy) is 1. The summed E-state index contributed by atoms with van der Waals surface area (Å²) in [6, 6.07) is 9.76. The summed E-state index contributed by atoms with van der Waals surface area (Å²) < 4.78 is 5.14. The molecule has 8 nitrogen and oxygen atoms in total. The lowest BCUT2D eigenvalue weighted by Gasteiger charge is -2.10. The van der Waals surface area contributed by atoms with Crippen molar-refractivity contribution >= 4 is 22.7 Å². The highest BCUT2D eigenvalue weighted by atomic mass is 16.6. The van der Waals surface area contributed by atoms with Gasteiger partial charge in [-0.1, -0.05) is 6.92 Å². The van der Waals surface area contributed by atoms with Crippen molar-refractivity contribution in [2.24, 2.45) is 10.2 Å². The van der Waals surface area contributed by atoms with Gasteiger partial charge in [0.05, 0.1) is 30.4 Å². The van der Waals surface area contributed by atoms with Crippen LogP contribution in [-0.2, 0) is 6.42 Å². The molecule has 2 rings (SSSR count). The Morgan fingerprint density at radius 1 is 1.24 bits per heavy atom. The van der Waals surface area contributed by atoms with Crippen molar-refractivity contribution in [3.05, 3.63) is 52.1 Å². The summed E-state index contributed by atoms with van der Waals surface area (Å²) in [6.07, 6.45) is 0.804. The molecule has 0 aromatic heterocycles. The number of aryl methyl sites for hydroxylation is 1. The van der Waals surface area contributed by atoms with Crippen LogP contribution >= 0.6 is 0 Å². The fourth-order valence-electron chi connectivity index (χ4n) is 2.27. The quantitative estimate of drug-likeness (QED) is 0.427. The number of aliphatic hydroxyl groups is 1. The smallest absolute Gasteiger partial charge is 0.273 e. The van der Waals surface area contributed by atoms with Gasteiger partial charge in [0.25, 0.3) is 5.69 Å². The first-order chi connectivity index (χ1) is 12.1. The maximum absolute atomic E-state index is 10.8. The molecule has 0 heterocycles. The van der Waals surface area contributed by atoms with Gasteiger partial charge in [-0.2, -0.15) is 5.11 Å². The Balaban J connectivity index is 2.25. The average molecular weight is 344 g/mol. The summed E-state index contributed by atoms with van der Waals surface area (Å²) in [5, 5.41) is 31.2. The first-order valence-corrected chi connectivity index (χ1v) is 7.80. The molecule has 25 heavy (non-hydrogen) atoms. The van der Waals surface area contributed by atoms with Crippen LogP contribution in [0.15, 0.2) is 46.6 Å². The zero-order chi connectivity index (χ0) is 18.2. The van der Waals surface area contributed by atoms with Crippen molar-refractivity contribution in [1.29, 1.82) is 0 Å². The van der Waals surface area contributed by atoms with Crippen LogP contribution in [0.4, 0.5) is 22.7 Å². The number of azo groups is 1. The molecule has 0 saturated heterocycles. The van der Waals surface area contributed by atoms with E-state index in [2.05, 4.69) is 15.5 Å². The van der Waals surface area contributed by atoms with Gasteiger partial charge in [-0.3, -0.25) is 10.1 Å². The summed E-state index contributed by atoms with van der Waals surface area (Å²) in [7, 11) is 1.43. The molecule has 132 valence electrons. The number of hydrogen-bond acceptors (Lipinski definition) is 7. The molecule has 0 amide bonds. The zero-order valence-electron chi connectivity index (χ0n) is 14.1. The summed E-state index contributed by atoms with van der Waals surface area (Å²) in [4.78, 5) is 10.3. The molecule has 0 saturated carbocycles. The van der Waals surface area contributed by atoms with Crippen molar-refractivity contribution in [2.45, 2.75) is 13.3 Å². The number of non-ortho nitro benzene ring substituents is 1. The van der Waals surface area contributed by atoms with Crippen molar-refractivity contribution in [3.8, 4) is 5.75 Å². The minimum atomic E-state index is -0.491. The first kappa shape index (κ1) is 18.3. The molecule has 2 aromatic rings. The lowest BCUT2D eigenvalue weighted by atomic mass is 10.1. The van der Waals surface area contributed by atoms with Gasteiger partial charge in [-0.15, -0.1) is 5.11 Å². The van der Waals surface area contributed by atoms with Crippen LogP contribution in [0.2, 0.25) is 0 Å². The number of rotatable bonds is 8. The summed E-state index contributed by atoms with van der Waals surface area (Å²) in [5.41, 5.74) is 3.01. The maximum atomic E-state index is 10.8. The molecule has 0 bridgehead atoms. The van der Waals surface area contributed by atoms with Gasteiger partial charge in [0.15, 0.2) is 5.75 Å². The topological polar surface area (TPSA) is 109 Å². The Labute approximate surface area is 145 Å². The molecule has 0 aliphatic rings. The van der Waals surface area contributed by atoms with Crippen LogP contribution < -0.4 is 10.1 Å². The van der Waals surface area contributed by atoms with Gasteiger partial charge in [0, 0.05) is 18.3 Å². The SMILES string of the molecule is CCc1cc(N=Nc2ccc([N+](=O)[O-])cc2OC)ccc1NCCO. The number of benzene rings is 2. The van der Waals surface area contributed by atoms with Crippen LogP contribution in [-0.4, -0.2) is 30.3 Å². The Hall–Kier alpha value is -3.00. The second-order valence-electron chi connectivity index (χ2n) is 5.16. The zero-order valence-corrected chi connectivity index (χ0v) is 14.1. The predicted octanol–water partition coefficient (Wildman–Crippen LogP) is 3.99. The minimum Gasteiger partial charge on any atom is -0.494 e. The summed E-state index contributed by atoms with van der Waals surface area (Å²) in [5.74, 6) is 0.287. The number of nitro groups is 1. The molecule has 2 N–H and O–H groups in total. The van der Waals surface area contributed by atoms with Crippen LogP contribution in [0.25, 0.3) is 0 Å². The van der Waals surface area contributed by atoms with Gasteiger partial charge >= 0.3 is 0 Å². The van der Waals surface area contributed by atoms with Gasteiger partial charge in [0.1, 0.15) is 5.69 Å². The van der Waals surface area contributed by atoms with E-state index in [1.54, 1.807) is 6.07 Å². The van der Waals surface area contributed by atoms with E-state index in [4.69, 9.17) is 9.84 Å². The molecular weight excluding hydrogens is 324 g/mol. The van der Waals surface area contributed by atoms with Crippen LogP contribution in [0.1, 0.15) is 12.5 Å². The average Bonchev–Trinajstić information content (AvgIpc) is 2.64. The summed E-state index contributed by atoms with van der Waals surface area (Å²) >= 11 is 0. The predicted molar refractivity (Wildman–Crippen MR) is 95.2 cm³/mol. The number of nitrogens with zero attached hydrogens (tertiary/aromatic N) is 3. The van der Waals surface area contributed by atoms with E-state index in [9.17, 15) is 10.1 Å². The van der Waals surface area contributed by atoms with Crippen molar-refractivity contribution in [1.82, 2.24) is 0 Å². The third-order valence-corrected chi connectivity index (χ3v) is 3.54. The van der Waals surface area contributed by atoms with E-state index < -0.39 is 4.92 Å². The van der Waals surface area contributed by atoms with Gasteiger partial charge in [-0.05, 0) is 36.2 Å². The van der Waals surface area contributed by atoms with Crippen LogP contribution in [0, 0.1) is 10.1 Å². The molecule has 0 radical (unpaired) electrons. The molecule has 8 heteroatoms. The molecule has 0 fully saturated rings. The molecule has 0 aliphatic heterocycles. The highest BCUT2D eigenvalue weighted by molar-refractivity contribution is 5.59. The standard InChI is InChI=1S/C17H20N4O4/c1-3-12-10-13(4-6-15(12)18-8-9-22)19-20-16-7-5-14(21(23)24)11-17(16)25-2/h4-7,10-11,18,22H,3,8-9H2,1-2H3. The normalized spacial score (nSPS) is 10.8. The number of anilines is 1. The highest BCUT2D eigenvalue weighted by Gasteiger charge is 2.11. The molecule has 2 aromatic carbocycles. The lowest BCUT2D eigenvalue weighted by Crippen LogP contribution is -2.07. The Morgan fingerprint density at radius 2 is 2.04 bits per heavy atom. The van der Waals surface area contributed by atoms with Crippen LogP contribution in [0.5, 0.6) is 5.75 Å². The molecular formula is C17H20N4O4. The van der Waals surface area contributed by atoms with Crippen molar-refractivity contribution < 1.29 is 14.8 Å². The molecule has 0 spiro atoms. The Morgan fingerprint density at radius 3 is 2.68 bits per heavy atom. The van der Waals surface area contributed by atoms with Gasteiger partial charge in [0.2, 0.25) is 0 Å². The second kappa shape index (κ2) is 8.74. The van der Waals surface area contributed by atoms with E-state index in [-0.39, 0.29) is 18.0 Å². The second-order valence-corrected chi connectivity index (χ2v) is 5.16. The molecule has 0 unspecified atom stereocenters. The number of hydrogen-bond donors (Lipinski definition) is 2. The lowest BCUT2D eigenvalue weighted by molar-refractivity contribution is -0.384. The van der Waals surface area contributed by atoms with Crippen molar-refractivity contribution in [2.75, 3.05) is 25.6 Å². The molecule has 0 atom stereocenters. The van der Waals surface area contributed by atoms with E-state index >= 15 is 0 Å². The summed E-state index contributed by atoms with van der Waals surface area (Å²) in [6.45, 7) is 2.57. The molecule has 0 aliphatic carbocycles. The number of methoxy groups -OCH3 is 1. The Bertz CT molecular complexity index is 777. The third-order valence-electron chi connectivity index (χ3n) is 3.54. The third kappa shape index (κ3) is 4.74. The highest BCUT2D eigenvalue weighted by Crippen LogP contribution is 2.33. The largest absolute Gasteiger partial charge is 0.494 e. The van der Waals surface area contributed by atoms with E-state index in [1.165, 1.54) is 25.3 Å². The van der Waals surface area contributed by atoms with Gasteiger partial charge < -0.3 is 15.2 Å². The van der Waals surface area contributed by atoms with E-state index in [0.29, 0.717) is 17.9 Å². The van der Waals surface area contributed by atoms with Crippen molar-refractivity contribution in [3.63, 3.8) is 0 Å². The maximum Gasteiger partial charge on any atom is 0.273 e. The van der Waals surface area contributed by atoms with Crippen LogP contribution in [0.3, 0.4) is 0 Å². The number of nitro benzene ring substituents is 1. The number of aliphatic hydroxyl groups excluding tert-OH is 1. The fourth-order valence-corrected chi connectivity index (χ4v) is 2.27. The van der Waals surface area contributed by atoms with Gasteiger partial charge in [-0.25, -0.2) is 0 Å². The monoisotopic (exact) mass is 344 g/mol. The fraction of sp³-hybridized carbons (Fsp3) is 0.294. The minimum absolute atomic E-state index is 0.0601.